The minimum Gasteiger partial charge on any atom is -0.463 e. The number of hydrogen-bond acceptors (Lipinski definition) is 2. The zero-order chi connectivity index (χ0) is 15.5. The molecule has 0 unspecified atom stereocenters. The molecule has 0 radical (unpaired) electrons. The summed E-state index contributed by atoms with van der Waals surface area (Å²) in [5.74, 6) is 0.533. The molecule has 0 spiro atoms. The van der Waals surface area contributed by atoms with Crippen LogP contribution in [-0.4, -0.2) is 0 Å². The van der Waals surface area contributed by atoms with Gasteiger partial charge in [0.15, 0.2) is 0 Å². The maximum atomic E-state index is 13.0. The van der Waals surface area contributed by atoms with Crippen LogP contribution in [-0.2, 0) is 0 Å². The Morgan fingerprint density at radius 1 is 1.23 bits per heavy atom. The van der Waals surface area contributed by atoms with Gasteiger partial charge in [-0.3, -0.25) is 4.79 Å². The van der Waals surface area contributed by atoms with E-state index in [4.69, 9.17) is 4.42 Å². The molecule has 0 bridgehead atoms. The van der Waals surface area contributed by atoms with Crippen LogP contribution in [0.2, 0.25) is 0 Å². The molecule has 22 heavy (non-hydrogen) atoms. The predicted molar refractivity (Wildman–Crippen MR) is 91.5 cm³/mol. The Kier molecular flexibility index (Phi) is 3.92. The van der Waals surface area contributed by atoms with E-state index in [-0.39, 0.29) is 5.43 Å². The fourth-order valence-corrected chi connectivity index (χ4v) is 2.78. The van der Waals surface area contributed by atoms with Crippen molar-refractivity contribution >= 4 is 11.6 Å². The lowest BCUT2D eigenvalue weighted by Gasteiger charge is -2.14. The molecule has 2 heteroatoms. The summed E-state index contributed by atoms with van der Waals surface area (Å²) < 4.78 is 5.69. The van der Waals surface area contributed by atoms with Gasteiger partial charge in [0, 0.05) is 0 Å². The van der Waals surface area contributed by atoms with E-state index in [9.17, 15) is 4.79 Å². The first-order valence-corrected chi connectivity index (χ1v) is 7.42. The molecule has 0 aliphatic heterocycles. The second-order valence-electron chi connectivity index (χ2n) is 5.42. The molecular formula is C20H18O2. The highest BCUT2D eigenvalue weighted by atomic mass is 16.3. The third-order valence-corrected chi connectivity index (χ3v) is 3.99. The molecule has 1 aliphatic carbocycles. The van der Waals surface area contributed by atoms with Gasteiger partial charge in [0.05, 0.1) is 11.1 Å². The average molecular weight is 290 g/mol. The molecule has 1 heterocycles. The van der Waals surface area contributed by atoms with Crippen LogP contribution >= 0.6 is 0 Å². The number of hydrogen-bond donors (Lipinski definition) is 0. The first kappa shape index (κ1) is 14.3. The highest BCUT2D eigenvalue weighted by molar-refractivity contribution is 5.83. The van der Waals surface area contributed by atoms with Crippen LogP contribution in [0.3, 0.4) is 0 Å². The molecule has 1 aromatic carbocycles. The second kappa shape index (κ2) is 6.02. The van der Waals surface area contributed by atoms with E-state index in [1.54, 1.807) is 6.08 Å². The van der Waals surface area contributed by atoms with Gasteiger partial charge < -0.3 is 4.42 Å². The first-order chi connectivity index (χ1) is 10.7. The van der Waals surface area contributed by atoms with Gasteiger partial charge in [-0.15, -0.1) is 0 Å². The van der Waals surface area contributed by atoms with Crippen molar-refractivity contribution in [3.63, 3.8) is 0 Å². The third-order valence-electron chi connectivity index (χ3n) is 3.99. The van der Waals surface area contributed by atoms with Crippen LogP contribution in [0, 0.1) is 0 Å². The van der Waals surface area contributed by atoms with Crippen molar-refractivity contribution in [2.75, 3.05) is 0 Å². The Bertz CT molecular complexity index is 821. The first-order valence-electron chi connectivity index (χ1n) is 7.42. The summed E-state index contributed by atoms with van der Waals surface area (Å²) in [7, 11) is 0. The lowest BCUT2D eigenvalue weighted by atomic mass is 9.91. The van der Waals surface area contributed by atoms with Gasteiger partial charge in [0.1, 0.15) is 12.0 Å². The zero-order valence-corrected chi connectivity index (χ0v) is 12.6. The second-order valence-corrected chi connectivity index (χ2v) is 5.42. The van der Waals surface area contributed by atoms with Crippen LogP contribution in [0.25, 0.3) is 22.8 Å². The molecule has 0 saturated heterocycles. The number of benzene rings is 1. The summed E-state index contributed by atoms with van der Waals surface area (Å²) in [6.07, 6.45) is 9.24. The Morgan fingerprint density at radius 3 is 2.68 bits per heavy atom. The monoisotopic (exact) mass is 290 g/mol. The molecule has 0 saturated carbocycles. The van der Waals surface area contributed by atoms with E-state index in [0.29, 0.717) is 16.9 Å². The van der Waals surface area contributed by atoms with Crippen LogP contribution in [0.15, 0.2) is 70.1 Å². The summed E-state index contributed by atoms with van der Waals surface area (Å²) in [6.45, 7) is 5.85. The van der Waals surface area contributed by atoms with Crippen molar-refractivity contribution < 1.29 is 4.42 Å². The highest BCUT2D eigenvalue weighted by Crippen LogP contribution is 2.29. The van der Waals surface area contributed by atoms with Crippen LogP contribution < -0.4 is 5.43 Å². The molecule has 0 N–H and O–H groups in total. The van der Waals surface area contributed by atoms with Gasteiger partial charge in [-0.2, -0.15) is 0 Å². The molecule has 2 nitrogen and oxygen atoms in total. The SMILES string of the molecule is C=Cc1occ(-c2ccccc2)c(=O)c1C1=C(C)CCC=C1. The summed E-state index contributed by atoms with van der Waals surface area (Å²) in [5.41, 5.74) is 4.24. The van der Waals surface area contributed by atoms with Gasteiger partial charge in [-0.1, -0.05) is 54.6 Å². The van der Waals surface area contributed by atoms with Crippen LogP contribution in [0.4, 0.5) is 0 Å². The minimum absolute atomic E-state index is 0.00625. The number of rotatable bonds is 3. The van der Waals surface area contributed by atoms with Crippen LogP contribution in [0.1, 0.15) is 31.1 Å². The summed E-state index contributed by atoms with van der Waals surface area (Å²) >= 11 is 0. The summed E-state index contributed by atoms with van der Waals surface area (Å²) in [5, 5.41) is 0. The fourth-order valence-electron chi connectivity index (χ4n) is 2.78. The molecule has 1 aromatic heterocycles. The Labute approximate surface area is 130 Å². The Morgan fingerprint density at radius 2 is 2.00 bits per heavy atom. The van der Waals surface area contributed by atoms with E-state index in [1.807, 2.05) is 36.4 Å². The van der Waals surface area contributed by atoms with Gasteiger partial charge >= 0.3 is 0 Å². The van der Waals surface area contributed by atoms with Crippen LogP contribution in [0.5, 0.6) is 0 Å². The maximum Gasteiger partial charge on any atom is 0.201 e. The van der Waals surface area contributed by atoms with E-state index in [0.717, 1.165) is 24.0 Å². The molecule has 110 valence electrons. The smallest absolute Gasteiger partial charge is 0.201 e. The minimum atomic E-state index is -0.00625. The van der Waals surface area contributed by atoms with Crippen molar-refractivity contribution in [1.82, 2.24) is 0 Å². The van der Waals surface area contributed by atoms with Crippen molar-refractivity contribution in [2.45, 2.75) is 19.8 Å². The topological polar surface area (TPSA) is 30.2 Å². The van der Waals surface area contributed by atoms with Crippen molar-refractivity contribution in [3.05, 3.63) is 82.4 Å². The van der Waals surface area contributed by atoms with Gasteiger partial charge in [0.25, 0.3) is 0 Å². The zero-order valence-electron chi connectivity index (χ0n) is 12.6. The largest absolute Gasteiger partial charge is 0.463 e. The van der Waals surface area contributed by atoms with Crippen molar-refractivity contribution in [3.8, 4) is 11.1 Å². The molecule has 0 atom stereocenters. The summed E-state index contributed by atoms with van der Waals surface area (Å²) in [4.78, 5) is 13.0. The van der Waals surface area contributed by atoms with Crippen molar-refractivity contribution in [1.29, 1.82) is 0 Å². The Hall–Kier alpha value is -2.61. The Balaban J connectivity index is 2.27. The van der Waals surface area contributed by atoms with E-state index in [1.165, 1.54) is 11.8 Å². The molecule has 0 amide bonds. The van der Waals surface area contributed by atoms with E-state index in [2.05, 4.69) is 19.6 Å². The molecule has 3 rings (SSSR count). The predicted octanol–water partition coefficient (Wildman–Crippen LogP) is 5.07. The third kappa shape index (κ3) is 2.48. The number of allylic oxidation sites excluding steroid dienone is 4. The highest BCUT2D eigenvalue weighted by Gasteiger charge is 2.18. The average Bonchev–Trinajstić information content (AvgIpc) is 2.56. The standard InChI is InChI=1S/C20H18O2/c1-3-18-19(16-12-8-7-9-14(16)2)20(21)17(13-22-18)15-10-5-4-6-11-15/h3-6,8,10-13H,1,7,9H2,2H3. The molecule has 2 aromatic rings. The lowest BCUT2D eigenvalue weighted by Crippen LogP contribution is -2.13. The molecule has 1 aliphatic rings. The molecular weight excluding hydrogens is 272 g/mol. The quantitative estimate of drug-likeness (QED) is 0.789. The van der Waals surface area contributed by atoms with Crippen molar-refractivity contribution in [2.24, 2.45) is 0 Å². The van der Waals surface area contributed by atoms with E-state index >= 15 is 0 Å². The maximum absolute atomic E-state index is 13.0. The fraction of sp³-hybridized carbons (Fsp3) is 0.150. The normalized spacial score (nSPS) is 14.2. The summed E-state index contributed by atoms with van der Waals surface area (Å²) in [6, 6.07) is 9.60. The van der Waals surface area contributed by atoms with Gasteiger partial charge in [-0.05, 0) is 37.0 Å². The van der Waals surface area contributed by atoms with E-state index < -0.39 is 0 Å². The molecule has 0 fully saturated rings. The lowest BCUT2D eigenvalue weighted by molar-refractivity contribution is 0.538. The van der Waals surface area contributed by atoms with Gasteiger partial charge in [-0.25, -0.2) is 0 Å². The van der Waals surface area contributed by atoms with Gasteiger partial charge in [0.2, 0.25) is 5.43 Å².